The van der Waals surface area contributed by atoms with Gasteiger partial charge in [0.15, 0.2) is 0 Å². The molecule has 0 aliphatic rings. The van der Waals surface area contributed by atoms with Gasteiger partial charge in [-0.1, -0.05) is 38.3 Å². The van der Waals surface area contributed by atoms with Gasteiger partial charge in [-0.2, -0.15) is 0 Å². The lowest BCUT2D eigenvalue weighted by molar-refractivity contribution is 0.475. The predicted octanol–water partition coefficient (Wildman–Crippen LogP) is 3.52. The minimum atomic E-state index is 0.359. The monoisotopic (exact) mass is 178 g/mol. The minimum absolute atomic E-state index is 0.359. The number of phenolic OH excluding ortho intramolecular Hbond substituents is 1. The summed E-state index contributed by atoms with van der Waals surface area (Å²) in [5, 5.41) is 9.07. The number of unbranched alkanes of at least 4 members (excludes halogenated alkanes) is 3. The molecule has 1 aromatic rings. The highest BCUT2D eigenvalue weighted by Crippen LogP contribution is 2.12. The summed E-state index contributed by atoms with van der Waals surface area (Å²) < 4.78 is 0. The predicted molar refractivity (Wildman–Crippen MR) is 56.0 cm³/mol. The maximum absolute atomic E-state index is 9.07. The van der Waals surface area contributed by atoms with Crippen LogP contribution in [0.1, 0.15) is 38.2 Å². The van der Waals surface area contributed by atoms with Crippen molar-refractivity contribution < 1.29 is 5.11 Å². The zero-order chi connectivity index (χ0) is 9.52. The van der Waals surface area contributed by atoms with E-state index >= 15 is 0 Å². The highest BCUT2D eigenvalue weighted by molar-refractivity contribution is 5.25. The van der Waals surface area contributed by atoms with Crippen LogP contribution < -0.4 is 0 Å². The van der Waals surface area contributed by atoms with E-state index in [4.69, 9.17) is 5.11 Å². The van der Waals surface area contributed by atoms with Gasteiger partial charge in [0, 0.05) is 0 Å². The summed E-state index contributed by atoms with van der Waals surface area (Å²) in [4.78, 5) is 0. The number of hydrogen-bond acceptors (Lipinski definition) is 1. The van der Waals surface area contributed by atoms with E-state index in [0.717, 1.165) is 6.42 Å². The molecule has 0 saturated heterocycles. The molecule has 0 fully saturated rings. The molecule has 0 atom stereocenters. The van der Waals surface area contributed by atoms with Crippen LogP contribution in [-0.2, 0) is 6.42 Å². The summed E-state index contributed by atoms with van der Waals surface area (Å²) in [5.74, 6) is 0.359. The third kappa shape index (κ3) is 3.97. The molecule has 1 aromatic carbocycles. The van der Waals surface area contributed by atoms with Gasteiger partial charge in [-0.05, 0) is 30.5 Å². The van der Waals surface area contributed by atoms with Crippen molar-refractivity contribution >= 4 is 0 Å². The molecule has 1 heteroatoms. The molecule has 0 amide bonds. The van der Waals surface area contributed by atoms with E-state index in [1.54, 1.807) is 12.1 Å². The van der Waals surface area contributed by atoms with E-state index in [9.17, 15) is 0 Å². The Bertz CT molecular complexity index is 225. The van der Waals surface area contributed by atoms with Gasteiger partial charge >= 0.3 is 0 Å². The Kier molecular flexibility index (Phi) is 4.37. The topological polar surface area (TPSA) is 20.2 Å². The molecule has 0 saturated carbocycles. The zero-order valence-corrected chi connectivity index (χ0v) is 8.29. The summed E-state index contributed by atoms with van der Waals surface area (Å²) in [6.07, 6.45) is 6.34. The lowest BCUT2D eigenvalue weighted by Crippen LogP contribution is -1.84. The third-order valence-corrected chi connectivity index (χ3v) is 2.26. The standard InChI is InChI=1S/C12H18O/c1-2-3-4-5-6-11-7-9-12(13)10-8-11/h7-10,13H,2-6H2,1H3. The van der Waals surface area contributed by atoms with Gasteiger partial charge < -0.3 is 5.11 Å². The highest BCUT2D eigenvalue weighted by Gasteiger charge is 1.93. The van der Waals surface area contributed by atoms with E-state index in [1.165, 1.54) is 31.2 Å². The average Bonchev–Trinajstić information content (AvgIpc) is 2.15. The molecular weight excluding hydrogens is 160 g/mol. The van der Waals surface area contributed by atoms with E-state index in [-0.39, 0.29) is 0 Å². The van der Waals surface area contributed by atoms with Crippen LogP contribution in [0.4, 0.5) is 0 Å². The third-order valence-electron chi connectivity index (χ3n) is 2.26. The van der Waals surface area contributed by atoms with Crippen LogP contribution in [0, 0.1) is 0 Å². The first kappa shape index (κ1) is 10.1. The molecule has 72 valence electrons. The molecule has 1 rings (SSSR count). The maximum atomic E-state index is 9.07. The molecule has 1 nitrogen and oxygen atoms in total. The van der Waals surface area contributed by atoms with Crippen molar-refractivity contribution in [1.29, 1.82) is 0 Å². The Labute approximate surface area is 80.4 Å². The van der Waals surface area contributed by atoms with Crippen LogP contribution in [0.15, 0.2) is 24.3 Å². The van der Waals surface area contributed by atoms with Gasteiger partial charge in [0.2, 0.25) is 0 Å². The van der Waals surface area contributed by atoms with Crippen molar-refractivity contribution in [3.63, 3.8) is 0 Å². The second-order valence-electron chi connectivity index (χ2n) is 3.48. The highest BCUT2D eigenvalue weighted by atomic mass is 16.3. The zero-order valence-electron chi connectivity index (χ0n) is 8.29. The van der Waals surface area contributed by atoms with Crippen LogP contribution in [0.25, 0.3) is 0 Å². The van der Waals surface area contributed by atoms with Crippen LogP contribution in [-0.4, -0.2) is 5.11 Å². The normalized spacial score (nSPS) is 10.2. The molecule has 1 N–H and O–H groups in total. The van der Waals surface area contributed by atoms with Crippen molar-refractivity contribution in [3.05, 3.63) is 29.8 Å². The van der Waals surface area contributed by atoms with Gasteiger partial charge in [-0.15, -0.1) is 0 Å². The van der Waals surface area contributed by atoms with Gasteiger partial charge in [0.25, 0.3) is 0 Å². The Hall–Kier alpha value is -0.980. The minimum Gasteiger partial charge on any atom is -0.508 e. The first-order valence-electron chi connectivity index (χ1n) is 5.11. The van der Waals surface area contributed by atoms with Gasteiger partial charge in [0.1, 0.15) is 5.75 Å². The Balaban J connectivity index is 2.25. The average molecular weight is 178 g/mol. The molecule has 0 aliphatic heterocycles. The summed E-state index contributed by atoms with van der Waals surface area (Å²) in [5.41, 5.74) is 1.33. The van der Waals surface area contributed by atoms with E-state index in [1.807, 2.05) is 12.1 Å². The lowest BCUT2D eigenvalue weighted by atomic mass is 10.1. The first-order chi connectivity index (χ1) is 6.33. The van der Waals surface area contributed by atoms with Gasteiger partial charge in [-0.3, -0.25) is 0 Å². The van der Waals surface area contributed by atoms with E-state index < -0.39 is 0 Å². The molecule has 0 unspecified atom stereocenters. The van der Waals surface area contributed by atoms with Crippen molar-refractivity contribution in [2.75, 3.05) is 0 Å². The summed E-state index contributed by atoms with van der Waals surface area (Å²) in [6, 6.07) is 7.52. The number of aryl methyl sites for hydroxylation is 1. The van der Waals surface area contributed by atoms with Crippen LogP contribution in [0.3, 0.4) is 0 Å². The molecule has 0 aliphatic carbocycles. The van der Waals surface area contributed by atoms with Gasteiger partial charge in [0.05, 0.1) is 0 Å². The Morgan fingerprint density at radius 2 is 1.69 bits per heavy atom. The number of benzene rings is 1. The van der Waals surface area contributed by atoms with E-state index in [2.05, 4.69) is 6.92 Å². The maximum Gasteiger partial charge on any atom is 0.115 e. The fourth-order valence-corrected chi connectivity index (χ4v) is 1.42. The fraction of sp³-hybridized carbons (Fsp3) is 0.500. The molecule has 13 heavy (non-hydrogen) atoms. The molecule has 0 heterocycles. The van der Waals surface area contributed by atoms with Gasteiger partial charge in [-0.25, -0.2) is 0 Å². The molecule has 0 aromatic heterocycles. The Morgan fingerprint density at radius 3 is 2.31 bits per heavy atom. The largest absolute Gasteiger partial charge is 0.508 e. The van der Waals surface area contributed by atoms with Crippen molar-refractivity contribution in [1.82, 2.24) is 0 Å². The van der Waals surface area contributed by atoms with Crippen LogP contribution in [0.2, 0.25) is 0 Å². The molecular formula is C12H18O. The fourth-order valence-electron chi connectivity index (χ4n) is 1.42. The summed E-state index contributed by atoms with van der Waals surface area (Å²) in [6.45, 7) is 2.22. The number of rotatable bonds is 5. The van der Waals surface area contributed by atoms with Crippen molar-refractivity contribution in [2.24, 2.45) is 0 Å². The summed E-state index contributed by atoms with van der Waals surface area (Å²) >= 11 is 0. The second kappa shape index (κ2) is 5.63. The van der Waals surface area contributed by atoms with Crippen LogP contribution in [0.5, 0.6) is 5.75 Å². The van der Waals surface area contributed by atoms with Crippen molar-refractivity contribution in [3.8, 4) is 5.75 Å². The Morgan fingerprint density at radius 1 is 1.00 bits per heavy atom. The molecule has 0 radical (unpaired) electrons. The number of aromatic hydroxyl groups is 1. The number of phenols is 1. The molecule has 0 spiro atoms. The number of hydrogen-bond donors (Lipinski definition) is 1. The quantitative estimate of drug-likeness (QED) is 0.684. The lowest BCUT2D eigenvalue weighted by Gasteiger charge is -2.00. The smallest absolute Gasteiger partial charge is 0.115 e. The SMILES string of the molecule is CCCCCCc1ccc(O)cc1. The van der Waals surface area contributed by atoms with Crippen LogP contribution >= 0.6 is 0 Å². The van der Waals surface area contributed by atoms with E-state index in [0.29, 0.717) is 5.75 Å². The first-order valence-corrected chi connectivity index (χ1v) is 5.11. The second-order valence-corrected chi connectivity index (χ2v) is 3.48. The van der Waals surface area contributed by atoms with Crippen molar-refractivity contribution in [2.45, 2.75) is 39.0 Å². The molecule has 0 bridgehead atoms. The summed E-state index contributed by atoms with van der Waals surface area (Å²) in [7, 11) is 0.